The molecule has 0 aliphatic carbocycles. The van der Waals surface area contributed by atoms with Gasteiger partial charge in [-0.05, 0) is 37.4 Å². The van der Waals surface area contributed by atoms with Gasteiger partial charge in [0.1, 0.15) is 0 Å². The summed E-state index contributed by atoms with van der Waals surface area (Å²) >= 11 is 0. The van der Waals surface area contributed by atoms with Gasteiger partial charge in [0.15, 0.2) is 0 Å². The largest absolute Gasteiger partial charge is 0.317 e. The normalized spacial score (nSPS) is 21.9. The molecule has 0 unspecified atom stereocenters. The second-order valence-corrected chi connectivity index (χ2v) is 6.26. The molecule has 2 heterocycles. The Bertz CT molecular complexity index is 384. The Morgan fingerprint density at radius 2 is 1.52 bits per heavy atom. The Balaban J connectivity index is 0.00000161. The van der Waals surface area contributed by atoms with Crippen LogP contribution in [0.15, 0.2) is 30.3 Å². The van der Waals surface area contributed by atoms with E-state index in [0.29, 0.717) is 0 Å². The van der Waals surface area contributed by atoms with E-state index in [1.54, 1.807) is 0 Å². The molecule has 1 aromatic carbocycles. The molecule has 0 amide bonds. The van der Waals surface area contributed by atoms with Crippen molar-refractivity contribution in [2.75, 3.05) is 45.8 Å². The number of piperazine rings is 1. The maximum absolute atomic E-state index is 3.46. The molecule has 1 aromatic rings. The predicted molar refractivity (Wildman–Crippen MR) is 91.0 cm³/mol. The lowest BCUT2D eigenvalue weighted by molar-refractivity contribution is 0.107. The molecule has 0 radical (unpaired) electrons. The van der Waals surface area contributed by atoms with Crippen LogP contribution in [0.4, 0.5) is 0 Å². The summed E-state index contributed by atoms with van der Waals surface area (Å²) in [5, 5.41) is 3.46. The van der Waals surface area contributed by atoms with Crippen molar-refractivity contribution < 1.29 is 0 Å². The zero-order chi connectivity index (χ0) is 13.6. The molecule has 4 heteroatoms. The minimum Gasteiger partial charge on any atom is -0.317 e. The summed E-state index contributed by atoms with van der Waals surface area (Å²) in [6.45, 7) is 9.81. The molecule has 0 aromatic heterocycles. The second-order valence-electron chi connectivity index (χ2n) is 6.26. The van der Waals surface area contributed by atoms with Gasteiger partial charge in [-0.25, -0.2) is 0 Å². The molecule has 118 valence electrons. The highest BCUT2D eigenvalue weighted by molar-refractivity contribution is 5.85. The van der Waals surface area contributed by atoms with E-state index < -0.39 is 0 Å². The Kier molecular flexibility index (Phi) is 6.97. The van der Waals surface area contributed by atoms with Gasteiger partial charge in [0.05, 0.1) is 0 Å². The van der Waals surface area contributed by atoms with Gasteiger partial charge in [-0.2, -0.15) is 0 Å². The first-order chi connectivity index (χ1) is 9.90. The van der Waals surface area contributed by atoms with Gasteiger partial charge in [-0.1, -0.05) is 30.3 Å². The molecule has 0 atom stereocenters. The summed E-state index contributed by atoms with van der Waals surface area (Å²) in [4.78, 5) is 5.27. The number of nitrogens with one attached hydrogen (secondary N) is 1. The molecule has 0 saturated carbocycles. The fraction of sp³-hybridized carbons (Fsp3) is 0.647. The van der Waals surface area contributed by atoms with Crippen LogP contribution in [0, 0.1) is 5.92 Å². The highest BCUT2D eigenvalue weighted by Crippen LogP contribution is 2.15. The molecule has 3 nitrogen and oxygen atoms in total. The fourth-order valence-electron chi connectivity index (χ4n) is 3.40. The third-order valence-electron chi connectivity index (χ3n) is 4.69. The molecular weight excluding hydrogens is 282 g/mol. The van der Waals surface area contributed by atoms with Crippen LogP contribution in [0.5, 0.6) is 0 Å². The second kappa shape index (κ2) is 8.74. The lowest BCUT2D eigenvalue weighted by Gasteiger charge is -2.37. The molecule has 0 bridgehead atoms. The molecule has 3 rings (SSSR count). The van der Waals surface area contributed by atoms with E-state index in [4.69, 9.17) is 0 Å². The Labute approximate surface area is 135 Å². The third kappa shape index (κ3) is 5.26. The zero-order valence-corrected chi connectivity index (χ0v) is 13.7. The molecule has 2 aliphatic heterocycles. The number of hydrogen-bond acceptors (Lipinski definition) is 3. The van der Waals surface area contributed by atoms with Gasteiger partial charge in [0.25, 0.3) is 0 Å². The van der Waals surface area contributed by atoms with Crippen LogP contribution in [-0.2, 0) is 6.54 Å². The van der Waals surface area contributed by atoms with Gasteiger partial charge >= 0.3 is 0 Å². The van der Waals surface area contributed by atoms with Gasteiger partial charge in [0.2, 0.25) is 0 Å². The summed E-state index contributed by atoms with van der Waals surface area (Å²) in [7, 11) is 0. The first-order valence-electron chi connectivity index (χ1n) is 8.09. The lowest BCUT2D eigenvalue weighted by Crippen LogP contribution is -2.48. The Morgan fingerprint density at radius 1 is 0.905 bits per heavy atom. The summed E-state index contributed by atoms with van der Waals surface area (Å²) in [5.74, 6) is 0.928. The highest BCUT2D eigenvalue weighted by Gasteiger charge is 2.21. The van der Waals surface area contributed by atoms with Crippen LogP contribution in [0.1, 0.15) is 18.4 Å². The van der Waals surface area contributed by atoms with Gasteiger partial charge < -0.3 is 10.2 Å². The maximum atomic E-state index is 3.46. The van der Waals surface area contributed by atoms with Crippen LogP contribution in [0.2, 0.25) is 0 Å². The molecule has 2 aliphatic rings. The number of benzene rings is 1. The Hall–Kier alpha value is -0.610. The molecule has 0 spiro atoms. The van der Waals surface area contributed by atoms with E-state index in [2.05, 4.69) is 45.4 Å². The number of piperidine rings is 1. The van der Waals surface area contributed by atoms with Crippen LogP contribution in [0.25, 0.3) is 0 Å². The van der Waals surface area contributed by atoms with Crippen molar-refractivity contribution >= 4 is 12.4 Å². The average Bonchev–Trinajstić information content (AvgIpc) is 2.51. The average molecular weight is 310 g/mol. The van der Waals surface area contributed by atoms with Crippen molar-refractivity contribution in [1.82, 2.24) is 15.1 Å². The first kappa shape index (κ1) is 16.8. The fourth-order valence-corrected chi connectivity index (χ4v) is 3.40. The smallest absolute Gasteiger partial charge is 0.0234 e. The third-order valence-corrected chi connectivity index (χ3v) is 4.69. The highest BCUT2D eigenvalue weighted by atomic mass is 35.5. The van der Waals surface area contributed by atoms with E-state index >= 15 is 0 Å². The zero-order valence-electron chi connectivity index (χ0n) is 12.8. The van der Waals surface area contributed by atoms with Crippen molar-refractivity contribution in [1.29, 1.82) is 0 Å². The number of nitrogens with zero attached hydrogens (tertiary/aromatic N) is 2. The summed E-state index contributed by atoms with van der Waals surface area (Å²) in [6, 6.07) is 10.9. The van der Waals surface area contributed by atoms with Gasteiger partial charge in [-0.3, -0.25) is 4.90 Å². The molecule has 2 saturated heterocycles. The monoisotopic (exact) mass is 309 g/mol. The van der Waals surface area contributed by atoms with Crippen LogP contribution < -0.4 is 5.32 Å². The van der Waals surface area contributed by atoms with E-state index in [1.165, 1.54) is 64.2 Å². The predicted octanol–water partition coefficient (Wildman–Crippen LogP) is 2.23. The van der Waals surface area contributed by atoms with E-state index in [0.717, 1.165) is 12.5 Å². The molecule has 21 heavy (non-hydrogen) atoms. The van der Waals surface area contributed by atoms with Crippen LogP contribution >= 0.6 is 12.4 Å². The quantitative estimate of drug-likeness (QED) is 0.920. The number of rotatable bonds is 4. The van der Waals surface area contributed by atoms with Crippen LogP contribution in [0.3, 0.4) is 0 Å². The summed E-state index contributed by atoms with van der Waals surface area (Å²) in [6.07, 6.45) is 2.73. The maximum Gasteiger partial charge on any atom is 0.0234 e. The van der Waals surface area contributed by atoms with Crippen molar-refractivity contribution in [3.63, 3.8) is 0 Å². The van der Waals surface area contributed by atoms with Crippen molar-refractivity contribution in [2.45, 2.75) is 19.4 Å². The van der Waals surface area contributed by atoms with Gasteiger partial charge in [0, 0.05) is 39.3 Å². The summed E-state index contributed by atoms with van der Waals surface area (Å²) in [5.41, 5.74) is 1.44. The standard InChI is InChI=1S/C17H27N3.ClH/c1-2-4-16(5-3-1)14-19-10-12-20(13-11-19)15-17-6-8-18-9-7-17;/h1-5,17-18H,6-15H2;1H. The van der Waals surface area contributed by atoms with Crippen molar-refractivity contribution in [2.24, 2.45) is 5.92 Å². The minimum atomic E-state index is 0. The Morgan fingerprint density at radius 3 is 2.19 bits per heavy atom. The SMILES string of the molecule is Cl.c1ccc(CN2CCN(CC3CCNCC3)CC2)cc1. The van der Waals surface area contributed by atoms with E-state index in [-0.39, 0.29) is 12.4 Å². The first-order valence-corrected chi connectivity index (χ1v) is 8.09. The van der Waals surface area contributed by atoms with Gasteiger partial charge in [-0.15, -0.1) is 12.4 Å². The molecule has 1 N–H and O–H groups in total. The number of hydrogen-bond donors (Lipinski definition) is 1. The molecular formula is C17H28ClN3. The molecule has 2 fully saturated rings. The van der Waals surface area contributed by atoms with E-state index in [9.17, 15) is 0 Å². The number of halogens is 1. The minimum absolute atomic E-state index is 0. The van der Waals surface area contributed by atoms with Crippen LogP contribution in [-0.4, -0.2) is 55.6 Å². The topological polar surface area (TPSA) is 18.5 Å². The lowest BCUT2D eigenvalue weighted by atomic mass is 9.97. The van der Waals surface area contributed by atoms with Crippen molar-refractivity contribution in [3.05, 3.63) is 35.9 Å². The van der Waals surface area contributed by atoms with Crippen molar-refractivity contribution in [3.8, 4) is 0 Å². The summed E-state index contributed by atoms with van der Waals surface area (Å²) < 4.78 is 0. The van der Waals surface area contributed by atoms with E-state index in [1.807, 2.05) is 0 Å².